The van der Waals surface area contributed by atoms with Gasteiger partial charge in [-0.05, 0) is 30.7 Å². The van der Waals surface area contributed by atoms with E-state index in [1.165, 1.54) is 30.3 Å². The maximum absolute atomic E-state index is 12.2. The molecule has 2 N–H and O–H groups in total. The van der Waals surface area contributed by atoms with Crippen LogP contribution in [0.15, 0.2) is 47.4 Å². The molecule has 2 aromatic rings. The summed E-state index contributed by atoms with van der Waals surface area (Å²) in [6.45, 7) is 0.818. The van der Waals surface area contributed by atoms with Crippen LogP contribution in [0.1, 0.15) is 26.3 Å². The molecule has 0 aliphatic carbocycles. The molecule has 12 heteroatoms. The number of non-ortho nitro benzene ring substituents is 1. The monoisotopic (exact) mass is 435 g/mol. The Morgan fingerprint density at radius 3 is 2.43 bits per heavy atom. The largest absolute Gasteiger partial charge is 0.452 e. The number of nitro groups is 1. The summed E-state index contributed by atoms with van der Waals surface area (Å²) >= 11 is 0. The quantitative estimate of drug-likeness (QED) is 0.384. The number of carbonyl (C=O) groups is 3. The molecule has 0 aliphatic heterocycles. The number of carbonyl (C=O) groups excluding carboxylic acids is 3. The molecule has 0 aromatic heterocycles. The highest BCUT2D eigenvalue weighted by molar-refractivity contribution is 7.90. The zero-order valence-electron chi connectivity index (χ0n) is 15.9. The third-order valence-electron chi connectivity index (χ3n) is 3.83. The van der Waals surface area contributed by atoms with Crippen LogP contribution < -0.4 is 10.9 Å². The molecule has 158 valence electrons. The molecule has 0 fully saturated rings. The van der Waals surface area contributed by atoms with Gasteiger partial charge in [0.15, 0.2) is 16.4 Å². The van der Waals surface area contributed by atoms with Gasteiger partial charge in [-0.1, -0.05) is 12.1 Å². The number of hydrogen-bond donors (Lipinski definition) is 2. The number of benzene rings is 2. The normalized spacial score (nSPS) is 10.7. The second kappa shape index (κ2) is 9.13. The Labute approximate surface area is 171 Å². The van der Waals surface area contributed by atoms with Crippen molar-refractivity contribution in [3.8, 4) is 0 Å². The van der Waals surface area contributed by atoms with Crippen LogP contribution in [-0.4, -0.2) is 44.0 Å². The highest BCUT2D eigenvalue weighted by atomic mass is 32.2. The Morgan fingerprint density at radius 1 is 1.10 bits per heavy atom. The Hall–Kier alpha value is -3.80. The molecular weight excluding hydrogens is 418 g/mol. The smallest absolute Gasteiger partial charge is 0.338 e. The van der Waals surface area contributed by atoms with E-state index < -0.39 is 39.2 Å². The van der Waals surface area contributed by atoms with Crippen molar-refractivity contribution in [2.75, 3.05) is 12.9 Å². The summed E-state index contributed by atoms with van der Waals surface area (Å²) in [6, 6.07) is 8.78. The van der Waals surface area contributed by atoms with E-state index in [1.807, 2.05) is 10.9 Å². The van der Waals surface area contributed by atoms with Gasteiger partial charge in [0.2, 0.25) is 0 Å². The number of esters is 1. The first-order valence-corrected chi connectivity index (χ1v) is 10.2. The van der Waals surface area contributed by atoms with E-state index >= 15 is 0 Å². The van der Waals surface area contributed by atoms with Crippen LogP contribution in [-0.2, 0) is 19.4 Å². The summed E-state index contributed by atoms with van der Waals surface area (Å²) in [5, 5.41) is 10.7. The van der Waals surface area contributed by atoms with Crippen molar-refractivity contribution in [3.05, 3.63) is 69.3 Å². The van der Waals surface area contributed by atoms with Crippen LogP contribution in [0.5, 0.6) is 0 Å². The number of hydrogen-bond acceptors (Lipinski definition) is 8. The van der Waals surface area contributed by atoms with Crippen LogP contribution in [0.3, 0.4) is 0 Å². The second-order valence-corrected chi connectivity index (χ2v) is 8.15. The van der Waals surface area contributed by atoms with Crippen molar-refractivity contribution in [1.82, 2.24) is 10.9 Å². The maximum atomic E-state index is 12.2. The predicted molar refractivity (Wildman–Crippen MR) is 103 cm³/mol. The molecule has 11 nitrogen and oxygen atoms in total. The summed E-state index contributed by atoms with van der Waals surface area (Å²) in [5.41, 5.74) is 4.11. The van der Waals surface area contributed by atoms with E-state index in [1.54, 1.807) is 6.92 Å². The van der Waals surface area contributed by atoms with E-state index in [4.69, 9.17) is 4.74 Å². The average molecular weight is 435 g/mol. The van der Waals surface area contributed by atoms with Crippen molar-refractivity contribution in [2.24, 2.45) is 0 Å². The van der Waals surface area contributed by atoms with E-state index in [0.717, 1.165) is 18.4 Å². The van der Waals surface area contributed by atoms with Gasteiger partial charge in [0.25, 0.3) is 17.5 Å². The molecule has 2 aromatic carbocycles. The van der Waals surface area contributed by atoms with Gasteiger partial charge in [-0.15, -0.1) is 0 Å². The lowest BCUT2D eigenvalue weighted by atomic mass is 10.1. The van der Waals surface area contributed by atoms with E-state index in [2.05, 4.69) is 0 Å². The van der Waals surface area contributed by atoms with Gasteiger partial charge in [-0.25, -0.2) is 13.2 Å². The third kappa shape index (κ3) is 5.85. The third-order valence-corrected chi connectivity index (χ3v) is 4.94. The topological polar surface area (TPSA) is 162 Å². The molecule has 0 saturated heterocycles. The molecule has 2 amide bonds. The molecule has 0 radical (unpaired) electrons. The first-order valence-electron chi connectivity index (χ1n) is 8.30. The van der Waals surface area contributed by atoms with Gasteiger partial charge in [0.1, 0.15) is 0 Å². The van der Waals surface area contributed by atoms with Gasteiger partial charge in [0.05, 0.1) is 15.4 Å². The summed E-state index contributed by atoms with van der Waals surface area (Å²) in [5.74, 6) is -2.60. The fourth-order valence-electron chi connectivity index (χ4n) is 2.26. The zero-order chi connectivity index (χ0) is 22.5. The summed E-state index contributed by atoms with van der Waals surface area (Å²) in [4.78, 5) is 45.9. The molecule has 0 heterocycles. The summed E-state index contributed by atoms with van der Waals surface area (Å²) in [6.07, 6.45) is 0.990. The summed E-state index contributed by atoms with van der Waals surface area (Å²) < 4.78 is 28.1. The summed E-state index contributed by atoms with van der Waals surface area (Å²) in [7, 11) is -3.54. The lowest BCUT2D eigenvalue weighted by Crippen LogP contribution is -2.43. The van der Waals surface area contributed by atoms with Crippen LogP contribution in [0.25, 0.3) is 0 Å². The van der Waals surface area contributed by atoms with Crippen molar-refractivity contribution < 1.29 is 32.5 Å². The molecule has 0 unspecified atom stereocenters. The highest BCUT2D eigenvalue weighted by Crippen LogP contribution is 2.16. The van der Waals surface area contributed by atoms with Gasteiger partial charge in [-0.3, -0.25) is 30.6 Å². The molecule has 30 heavy (non-hydrogen) atoms. The average Bonchev–Trinajstić information content (AvgIpc) is 2.69. The number of nitrogens with one attached hydrogen (secondary N) is 2. The standard InChI is InChI=1S/C18H17N3O8S/c1-11-6-7-14(30(2,27)28)9-15(11)18(24)29-10-16(22)19-20-17(23)12-4-3-5-13(8-12)21(25)26/h3-9H,10H2,1-2H3,(H,19,22)(H,20,23). The van der Waals surface area contributed by atoms with Gasteiger partial charge in [-0.2, -0.15) is 0 Å². The van der Waals surface area contributed by atoms with E-state index in [0.29, 0.717) is 5.56 Å². The van der Waals surface area contributed by atoms with Gasteiger partial charge >= 0.3 is 5.97 Å². The first kappa shape index (κ1) is 22.5. The van der Waals surface area contributed by atoms with Crippen molar-refractivity contribution >= 4 is 33.3 Å². The van der Waals surface area contributed by atoms with Crippen molar-refractivity contribution in [3.63, 3.8) is 0 Å². The fourth-order valence-corrected chi connectivity index (χ4v) is 2.90. The van der Waals surface area contributed by atoms with Crippen LogP contribution in [0.4, 0.5) is 5.69 Å². The molecule has 0 saturated carbocycles. The van der Waals surface area contributed by atoms with Crippen molar-refractivity contribution in [1.29, 1.82) is 0 Å². The predicted octanol–water partition coefficient (Wildman–Crippen LogP) is 0.925. The maximum Gasteiger partial charge on any atom is 0.338 e. The van der Waals surface area contributed by atoms with Gasteiger partial charge in [0, 0.05) is 24.0 Å². The second-order valence-electron chi connectivity index (χ2n) is 6.13. The number of nitro benzene ring substituents is 1. The van der Waals surface area contributed by atoms with Crippen LogP contribution in [0, 0.1) is 17.0 Å². The number of nitrogens with zero attached hydrogens (tertiary/aromatic N) is 1. The first-order chi connectivity index (χ1) is 14.0. The fraction of sp³-hybridized carbons (Fsp3) is 0.167. The number of ether oxygens (including phenoxy) is 1. The minimum Gasteiger partial charge on any atom is -0.452 e. The molecule has 2 rings (SSSR count). The Balaban J connectivity index is 1.93. The highest BCUT2D eigenvalue weighted by Gasteiger charge is 2.17. The minimum absolute atomic E-state index is 0.0219. The Morgan fingerprint density at radius 2 is 1.80 bits per heavy atom. The molecule has 0 atom stereocenters. The number of amides is 2. The van der Waals surface area contributed by atoms with E-state index in [9.17, 15) is 32.9 Å². The molecule has 0 bridgehead atoms. The number of aryl methyl sites for hydroxylation is 1. The zero-order valence-corrected chi connectivity index (χ0v) is 16.7. The molecule has 0 aliphatic rings. The van der Waals surface area contributed by atoms with E-state index in [-0.39, 0.29) is 21.7 Å². The Kier molecular flexibility index (Phi) is 6.85. The lowest BCUT2D eigenvalue weighted by molar-refractivity contribution is -0.384. The number of sulfone groups is 1. The van der Waals surface area contributed by atoms with Crippen LogP contribution >= 0.6 is 0 Å². The minimum atomic E-state index is -3.54. The number of hydrazine groups is 1. The molecular formula is C18H17N3O8S. The number of rotatable bonds is 6. The van der Waals surface area contributed by atoms with Gasteiger partial charge < -0.3 is 4.74 Å². The lowest BCUT2D eigenvalue weighted by Gasteiger charge is -2.10. The van der Waals surface area contributed by atoms with Crippen LogP contribution in [0.2, 0.25) is 0 Å². The molecule has 0 spiro atoms. The SMILES string of the molecule is Cc1ccc(S(C)(=O)=O)cc1C(=O)OCC(=O)NNC(=O)c1cccc([N+](=O)[O-])c1. The Bertz CT molecular complexity index is 1130. The van der Waals surface area contributed by atoms with Crippen molar-refractivity contribution in [2.45, 2.75) is 11.8 Å².